The summed E-state index contributed by atoms with van der Waals surface area (Å²) in [6.45, 7) is 22.0. The highest BCUT2D eigenvalue weighted by molar-refractivity contribution is 5.97. The van der Waals surface area contributed by atoms with Crippen LogP contribution in [0.15, 0.2) is 12.5 Å². The average Bonchev–Trinajstić information content (AvgIpc) is 3.87. The van der Waals surface area contributed by atoms with Crippen LogP contribution in [0.2, 0.25) is 0 Å². The number of methoxy groups -OCH3 is 1. The van der Waals surface area contributed by atoms with Gasteiger partial charge in [0.2, 0.25) is 41.4 Å². The second-order valence-electron chi connectivity index (χ2n) is 19.6. The molecule has 1 aromatic rings. The molecule has 1 aliphatic rings. The molecule has 21 nitrogen and oxygen atoms in total. The van der Waals surface area contributed by atoms with Gasteiger partial charge in [-0.3, -0.25) is 33.6 Å². The summed E-state index contributed by atoms with van der Waals surface area (Å²) in [5.41, 5.74) is -0.342. The Kier molecular flexibility index (Phi) is 21.5. The zero-order valence-electron chi connectivity index (χ0n) is 41.5. The quantitative estimate of drug-likeness (QED) is 0.0798. The summed E-state index contributed by atoms with van der Waals surface area (Å²) in [6.07, 6.45) is 3.08. The van der Waals surface area contributed by atoms with Crippen molar-refractivity contribution in [3.63, 3.8) is 0 Å². The van der Waals surface area contributed by atoms with Gasteiger partial charge in [-0.1, -0.05) is 69.2 Å². The third kappa shape index (κ3) is 17.2. The number of esters is 1. The molecular weight excluding hydrogens is 857 g/mol. The van der Waals surface area contributed by atoms with Crippen LogP contribution in [0.5, 0.6) is 0 Å². The van der Waals surface area contributed by atoms with Crippen LogP contribution in [0.25, 0.3) is 0 Å². The lowest BCUT2D eigenvalue weighted by atomic mass is 9.97. The molecule has 372 valence electrons. The number of hydrogen-bond donors (Lipinski definition) is 7. The first-order chi connectivity index (χ1) is 30.6. The molecule has 0 saturated carbocycles. The van der Waals surface area contributed by atoms with Crippen molar-refractivity contribution in [1.29, 1.82) is 0 Å². The van der Waals surface area contributed by atoms with Crippen LogP contribution >= 0.6 is 0 Å². The molecular formula is C45H76N10O11. The van der Waals surface area contributed by atoms with E-state index in [0.29, 0.717) is 12.1 Å². The van der Waals surface area contributed by atoms with Crippen molar-refractivity contribution in [2.75, 3.05) is 20.2 Å². The summed E-state index contributed by atoms with van der Waals surface area (Å²) >= 11 is 0. The van der Waals surface area contributed by atoms with Crippen molar-refractivity contribution in [1.82, 2.24) is 51.7 Å². The van der Waals surface area contributed by atoms with Crippen LogP contribution in [0, 0.1) is 29.6 Å². The number of amides is 8. The maximum absolute atomic E-state index is 14.1. The van der Waals surface area contributed by atoms with Crippen molar-refractivity contribution < 1.29 is 52.6 Å². The molecule has 8 amide bonds. The molecule has 0 aromatic carbocycles. The Balaban J connectivity index is 2.20. The summed E-state index contributed by atoms with van der Waals surface area (Å²) in [7, 11) is 2.95. The Hall–Kier alpha value is -5.76. The second kappa shape index (κ2) is 25.2. The number of carbonyl (C=O) groups is 9. The molecule has 0 radical (unpaired) electrons. The van der Waals surface area contributed by atoms with Gasteiger partial charge in [-0.25, -0.2) is 14.6 Å². The van der Waals surface area contributed by atoms with E-state index in [0.717, 1.165) is 0 Å². The van der Waals surface area contributed by atoms with Gasteiger partial charge in [-0.15, -0.1) is 0 Å². The molecule has 1 fully saturated rings. The molecule has 0 aliphatic carbocycles. The number of ether oxygens (including phenoxy) is 2. The van der Waals surface area contributed by atoms with Crippen molar-refractivity contribution in [2.45, 2.75) is 157 Å². The maximum Gasteiger partial charge on any atom is 0.408 e. The van der Waals surface area contributed by atoms with Crippen LogP contribution in [-0.2, 0) is 61.3 Å². The standard InChI is InChI=1S/C45H76N10O11/c1-23(2)32(40(60)52-36(27(9)10)43(63)65-15)49-37(57)29(19-28-21-54(14)22-47-28)48-31(56)20-46-38(58)30-17-16-18-55(30)42(62)35(26(7)8)51-39(59)33(24(3)4)50-41(61)34(25(5)6)53-44(64)66-45(11,12)13/h21-27,29-30,32-36H,16-20H2,1-15H3,(H,46,58)(H,48,56)(H,49,57)(H,50,61)(H,51,59)(H,52,60)(H,53,64)/t29-,30+,32-,33-,34-,35-,36-/m0/s1. The molecule has 0 unspecified atom stereocenters. The lowest BCUT2D eigenvalue weighted by molar-refractivity contribution is -0.147. The smallest absolute Gasteiger partial charge is 0.408 e. The maximum atomic E-state index is 14.1. The molecule has 1 saturated heterocycles. The molecule has 21 heteroatoms. The molecule has 66 heavy (non-hydrogen) atoms. The van der Waals surface area contributed by atoms with Crippen molar-refractivity contribution in [3.8, 4) is 0 Å². The Morgan fingerprint density at radius 3 is 1.61 bits per heavy atom. The van der Waals surface area contributed by atoms with E-state index in [9.17, 15) is 43.2 Å². The van der Waals surface area contributed by atoms with Gasteiger partial charge in [0.25, 0.3) is 0 Å². The Morgan fingerprint density at radius 1 is 0.682 bits per heavy atom. The number of rotatable bonds is 22. The van der Waals surface area contributed by atoms with Gasteiger partial charge >= 0.3 is 12.1 Å². The lowest BCUT2D eigenvalue weighted by Gasteiger charge is -2.32. The SMILES string of the molecule is COC(=O)[C@@H](NC(=O)[C@@H](NC(=O)[C@H](Cc1cn(C)cn1)NC(=O)CNC(=O)[C@H]1CCCN1C(=O)[C@@H](NC(=O)[C@@H](NC(=O)[C@@H](NC(=O)OC(C)(C)C)C(C)C)C(C)C)C(C)C)C(C)C)C(C)C. The first kappa shape index (κ1) is 56.4. The lowest BCUT2D eigenvalue weighted by Crippen LogP contribution is -2.61. The van der Waals surface area contributed by atoms with Gasteiger partial charge in [0.1, 0.15) is 47.9 Å². The van der Waals surface area contributed by atoms with Crippen molar-refractivity contribution >= 4 is 53.4 Å². The molecule has 2 heterocycles. The molecule has 0 bridgehead atoms. The van der Waals surface area contributed by atoms with Crippen molar-refractivity contribution in [2.24, 2.45) is 36.6 Å². The third-order valence-corrected chi connectivity index (χ3v) is 10.9. The van der Waals surface area contributed by atoms with Crippen LogP contribution in [-0.4, -0.2) is 136 Å². The van der Waals surface area contributed by atoms with Gasteiger partial charge < -0.3 is 56.2 Å². The van der Waals surface area contributed by atoms with Crippen LogP contribution in [0.3, 0.4) is 0 Å². The summed E-state index contributed by atoms with van der Waals surface area (Å²) < 4.78 is 11.8. The molecule has 7 atom stereocenters. The van der Waals surface area contributed by atoms with E-state index in [2.05, 4.69) is 42.2 Å². The Morgan fingerprint density at radius 2 is 1.15 bits per heavy atom. The van der Waals surface area contributed by atoms with E-state index in [1.54, 1.807) is 108 Å². The fraction of sp³-hybridized carbons (Fsp3) is 0.733. The van der Waals surface area contributed by atoms with E-state index < -0.39 is 126 Å². The number of likely N-dealkylation sites (tertiary alicyclic amines) is 1. The summed E-state index contributed by atoms with van der Waals surface area (Å²) in [4.78, 5) is 126. The Labute approximate surface area is 389 Å². The van der Waals surface area contributed by atoms with Crippen LogP contribution in [0.4, 0.5) is 4.79 Å². The summed E-state index contributed by atoms with van der Waals surface area (Å²) in [5.74, 6) is -7.07. The van der Waals surface area contributed by atoms with E-state index >= 15 is 0 Å². The van der Waals surface area contributed by atoms with E-state index in [4.69, 9.17) is 9.47 Å². The fourth-order valence-corrected chi connectivity index (χ4v) is 7.16. The zero-order valence-corrected chi connectivity index (χ0v) is 41.5. The minimum atomic E-state index is -1.24. The van der Waals surface area contributed by atoms with E-state index in [1.165, 1.54) is 18.3 Å². The largest absolute Gasteiger partial charge is 0.467 e. The van der Waals surface area contributed by atoms with Crippen molar-refractivity contribution in [3.05, 3.63) is 18.2 Å². The number of aryl methyl sites for hydroxylation is 1. The number of nitrogens with zero attached hydrogens (tertiary/aromatic N) is 3. The van der Waals surface area contributed by atoms with Gasteiger partial charge in [0.05, 0.1) is 25.7 Å². The number of imidazole rings is 1. The minimum absolute atomic E-state index is 0.0641. The van der Waals surface area contributed by atoms with Gasteiger partial charge in [0.15, 0.2) is 0 Å². The molecule has 7 N–H and O–H groups in total. The number of hydrogen-bond acceptors (Lipinski definition) is 12. The monoisotopic (exact) mass is 933 g/mol. The molecule has 2 rings (SSSR count). The molecule has 1 aliphatic heterocycles. The minimum Gasteiger partial charge on any atom is -0.467 e. The van der Waals surface area contributed by atoms with E-state index in [1.807, 2.05) is 0 Å². The first-order valence-electron chi connectivity index (χ1n) is 22.7. The third-order valence-electron chi connectivity index (χ3n) is 10.9. The zero-order chi connectivity index (χ0) is 50.4. The predicted molar refractivity (Wildman–Crippen MR) is 244 cm³/mol. The number of alkyl carbamates (subject to hydrolysis) is 1. The second-order valence-corrected chi connectivity index (χ2v) is 19.6. The highest BCUT2D eigenvalue weighted by Crippen LogP contribution is 2.21. The topological polar surface area (TPSA) is 277 Å². The van der Waals surface area contributed by atoms with Gasteiger partial charge in [-0.2, -0.15) is 0 Å². The number of carbonyl (C=O) groups excluding carboxylic acids is 9. The van der Waals surface area contributed by atoms with Gasteiger partial charge in [-0.05, 0) is 63.2 Å². The fourth-order valence-electron chi connectivity index (χ4n) is 7.16. The first-order valence-corrected chi connectivity index (χ1v) is 22.7. The Bertz CT molecular complexity index is 1870. The van der Waals surface area contributed by atoms with Crippen LogP contribution < -0.4 is 37.2 Å². The normalized spacial score (nSPS) is 16.7. The van der Waals surface area contributed by atoms with E-state index in [-0.39, 0.29) is 31.2 Å². The summed E-state index contributed by atoms with van der Waals surface area (Å²) in [6, 6.07) is -7.50. The van der Waals surface area contributed by atoms with Gasteiger partial charge in [0, 0.05) is 26.2 Å². The number of aromatic nitrogens is 2. The average molecular weight is 933 g/mol. The van der Waals surface area contributed by atoms with Crippen LogP contribution in [0.1, 0.15) is 109 Å². The highest BCUT2D eigenvalue weighted by atomic mass is 16.6. The predicted octanol–water partition coefficient (Wildman–Crippen LogP) is 0.840. The summed E-state index contributed by atoms with van der Waals surface area (Å²) in [5, 5.41) is 18.7. The molecule has 1 aromatic heterocycles. The number of nitrogens with one attached hydrogen (secondary N) is 7. The highest BCUT2D eigenvalue weighted by Gasteiger charge is 2.41. The molecule has 0 spiro atoms.